The van der Waals surface area contributed by atoms with Gasteiger partial charge in [0.05, 0.1) is 5.69 Å². The number of nitrogens with zero attached hydrogens (tertiary/aromatic N) is 7. The number of phenols is 1. The average Bonchev–Trinajstić information content (AvgIpc) is 3.34. The van der Waals surface area contributed by atoms with Crippen LogP contribution in [0.2, 0.25) is 0 Å². The van der Waals surface area contributed by atoms with Crippen LogP contribution in [0.1, 0.15) is 11.4 Å². The molecular weight excluding hydrogens is 346 g/mol. The lowest BCUT2D eigenvalue weighted by Gasteiger charge is -2.10. The number of H-pyrrole nitrogens is 1. The molecule has 0 radical (unpaired) electrons. The molecule has 0 aliphatic heterocycles. The number of hydrogen-bond acceptors (Lipinski definition) is 8. The molecule has 2 aromatic carbocycles. The summed E-state index contributed by atoms with van der Waals surface area (Å²) in [6.45, 7) is 1.88. The van der Waals surface area contributed by atoms with Gasteiger partial charge < -0.3 is 10.4 Å². The molecule has 0 unspecified atom stereocenters. The van der Waals surface area contributed by atoms with Crippen molar-refractivity contribution in [3.63, 3.8) is 0 Å². The van der Waals surface area contributed by atoms with Crippen molar-refractivity contribution in [1.82, 2.24) is 35.6 Å². The number of benzene rings is 2. The summed E-state index contributed by atoms with van der Waals surface area (Å²) >= 11 is 0. The van der Waals surface area contributed by atoms with Gasteiger partial charge in [0.25, 0.3) is 0 Å². The second-order valence-electron chi connectivity index (χ2n) is 5.71. The summed E-state index contributed by atoms with van der Waals surface area (Å²) in [5.74, 6) is 0.0971. The Kier molecular flexibility index (Phi) is 3.94. The number of aromatic nitrogens is 7. The highest BCUT2D eigenvalue weighted by molar-refractivity contribution is 5.77. The van der Waals surface area contributed by atoms with Crippen LogP contribution in [-0.4, -0.2) is 40.7 Å². The molecular formula is C17H13N9O. The first kappa shape index (κ1) is 16.2. The van der Waals surface area contributed by atoms with Gasteiger partial charge in [0.2, 0.25) is 5.82 Å². The van der Waals surface area contributed by atoms with Gasteiger partial charge in [-0.3, -0.25) is 0 Å². The van der Waals surface area contributed by atoms with Crippen molar-refractivity contribution >= 4 is 22.3 Å². The van der Waals surface area contributed by atoms with Crippen molar-refractivity contribution in [3.05, 3.63) is 54.0 Å². The standard InChI is InChI=1S/C17H13N9O/c1-10-6-14(19-9-11(8-18)17-20-24-25-21-17)16(27)15(7-10)26-22-12-4-2-3-5-13(12)23-26/h2-7,9,19,27H,1H3,(H,20,21,24,25). The molecule has 10 nitrogen and oxygen atoms in total. The molecule has 4 rings (SSSR count). The van der Waals surface area contributed by atoms with Crippen molar-refractivity contribution < 1.29 is 5.11 Å². The smallest absolute Gasteiger partial charge is 0.216 e. The average molecular weight is 359 g/mol. The maximum Gasteiger partial charge on any atom is 0.216 e. The molecule has 0 spiro atoms. The number of nitrogens with one attached hydrogen (secondary N) is 2. The molecule has 0 amide bonds. The lowest BCUT2D eigenvalue weighted by Crippen LogP contribution is -2.02. The summed E-state index contributed by atoms with van der Waals surface area (Å²) in [6, 6.07) is 12.9. The fourth-order valence-electron chi connectivity index (χ4n) is 2.56. The lowest BCUT2D eigenvalue weighted by atomic mass is 10.1. The van der Waals surface area contributed by atoms with E-state index in [1.54, 1.807) is 12.1 Å². The van der Waals surface area contributed by atoms with Gasteiger partial charge in [-0.1, -0.05) is 12.1 Å². The van der Waals surface area contributed by atoms with E-state index in [9.17, 15) is 10.4 Å². The SMILES string of the molecule is Cc1cc(NC=C(C#N)c2nn[nH]n2)c(O)c(-n2nc3ccccc3n2)c1. The van der Waals surface area contributed by atoms with E-state index in [0.717, 1.165) is 16.6 Å². The van der Waals surface area contributed by atoms with Crippen LogP contribution in [0.4, 0.5) is 5.69 Å². The van der Waals surface area contributed by atoms with Crippen molar-refractivity contribution in [1.29, 1.82) is 5.26 Å². The first-order valence-corrected chi connectivity index (χ1v) is 7.92. The summed E-state index contributed by atoms with van der Waals surface area (Å²) in [7, 11) is 0. The number of aromatic amines is 1. The number of phenolic OH excluding ortho intramolecular Hbond substituents is 1. The van der Waals surface area contributed by atoms with Gasteiger partial charge >= 0.3 is 0 Å². The molecule has 132 valence electrons. The maximum atomic E-state index is 10.7. The molecule has 0 saturated heterocycles. The van der Waals surface area contributed by atoms with Gasteiger partial charge in [-0.05, 0) is 42.0 Å². The summed E-state index contributed by atoms with van der Waals surface area (Å²) in [5, 5.41) is 44.9. The number of anilines is 1. The van der Waals surface area contributed by atoms with E-state index in [4.69, 9.17) is 0 Å². The Bertz CT molecular complexity index is 1150. The topological polar surface area (TPSA) is 141 Å². The van der Waals surface area contributed by atoms with Crippen LogP contribution in [0, 0.1) is 18.3 Å². The lowest BCUT2D eigenvalue weighted by molar-refractivity contribution is 0.470. The zero-order valence-corrected chi connectivity index (χ0v) is 14.1. The number of fused-ring (bicyclic) bond motifs is 1. The highest BCUT2D eigenvalue weighted by Crippen LogP contribution is 2.32. The zero-order chi connectivity index (χ0) is 18.8. The molecule has 0 saturated carbocycles. The summed E-state index contributed by atoms with van der Waals surface area (Å²) in [5.41, 5.74) is 3.28. The Balaban J connectivity index is 1.74. The second kappa shape index (κ2) is 6.57. The number of hydrogen-bond donors (Lipinski definition) is 3. The molecule has 3 N–H and O–H groups in total. The minimum Gasteiger partial charge on any atom is -0.504 e. The van der Waals surface area contributed by atoms with Crippen LogP contribution in [-0.2, 0) is 0 Å². The molecule has 0 fully saturated rings. The Hall–Kier alpha value is -4.26. The maximum absolute atomic E-state index is 10.7. The predicted molar refractivity (Wildman–Crippen MR) is 96.7 cm³/mol. The molecule has 0 atom stereocenters. The van der Waals surface area contributed by atoms with Crippen molar-refractivity contribution in [2.75, 3.05) is 5.32 Å². The van der Waals surface area contributed by atoms with Gasteiger partial charge in [0.1, 0.15) is 28.4 Å². The zero-order valence-electron chi connectivity index (χ0n) is 14.1. The van der Waals surface area contributed by atoms with Crippen molar-refractivity contribution in [3.8, 4) is 17.5 Å². The first-order valence-electron chi connectivity index (χ1n) is 7.92. The monoisotopic (exact) mass is 359 g/mol. The van der Waals surface area contributed by atoms with Crippen molar-refractivity contribution in [2.24, 2.45) is 0 Å². The van der Waals surface area contributed by atoms with E-state index in [2.05, 4.69) is 36.1 Å². The van der Waals surface area contributed by atoms with E-state index in [1.165, 1.54) is 11.0 Å². The van der Waals surface area contributed by atoms with Gasteiger partial charge in [-0.25, -0.2) is 0 Å². The van der Waals surface area contributed by atoms with Gasteiger partial charge in [0, 0.05) is 6.20 Å². The number of nitriles is 1. The number of rotatable bonds is 4. The van der Waals surface area contributed by atoms with E-state index in [-0.39, 0.29) is 17.1 Å². The van der Waals surface area contributed by atoms with E-state index in [1.807, 2.05) is 37.3 Å². The van der Waals surface area contributed by atoms with Gasteiger partial charge in [0.15, 0.2) is 5.75 Å². The number of tetrazole rings is 1. The summed E-state index contributed by atoms with van der Waals surface area (Å²) in [6.07, 6.45) is 1.40. The molecule has 4 aromatic rings. The Morgan fingerprint density at radius 1 is 1.26 bits per heavy atom. The number of aromatic hydroxyl groups is 1. The minimum atomic E-state index is -0.0532. The van der Waals surface area contributed by atoms with Crippen LogP contribution >= 0.6 is 0 Å². The van der Waals surface area contributed by atoms with Gasteiger partial charge in [-0.15, -0.1) is 25.2 Å². The molecule has 0 bridgehead atoms. The predicted octanol–water partition coefficient (Wildman–Crippen LogP) is 1.92. The molecule has 0 aliphatic rings. The highest BCUT2D eigenvalue weighted by atomic mass is 16.3. The van der Waals surface area contributed by atoms with E-state index < -0.39 is 0 Å². The fourth-order valence-corrected chi connectivity index (χ4v) is 2.56. The van der Waals surface area contributed by atoms with Gasteiger partial charge in [-0.2, -0.15) is 10.5 Å². The Labute approximate surface area is 152 Å². The second-order valence-corrected chi connectivity index (χ2v) is 5.71. The number of allylic oxidation sites excluding steroid dienone is 1. The highest BCUT2D eigenvalue weighted by Gasteiger charge is 2.14. The molecule has 2 heterocycles. The third-order valence-electron chi connectivity index (χ3n) is 3.81. The third-order valence-corrected chi connectivity index (χ3v) is 3.81. The van der Waals surface area contributed by atoms with Crippen LogP contribution in [0.5, 0.6) is 5.75 Å². The normalized spacial score (nSPS) is 11.5. The first-order chi connectivity index (χ1) is 13.2. The molecule has 10 heteroatoms. The summed E-state index contributed by atoms with van der Waals surface area (Å²) < 4.78 is 0. The third kappa shape index (κ3) is 3.05. The summed E-state index contributed by atoms with van der Waals surface area (Å²) in [4.78, 5) is 1.38. The van der Waals surface area contributed by atoms with Crippen molar-refractivity contribution in [2.45, 2.75) is 6.92 Å². The number of aryl methyl sites for hydroxylation is 1. The largest absolute Gasteiger partial charge is 0.504 e. The van der Waals surface area contributed by atoms with E-state index in [0.29, 0.717) is 11.4 Å². The Morgan fingerprint density at radius 2 is 2.00 bits per heavy atom. The quantitative estimate of drug-likeness (QED) is 0.371. The minimum absolute atomic E-state index is 0.0532. The molecule has 0 aliphatic carbocycles. The molecule has 27 heavy (non-hydrogen) atoms. The van der Waals surface area contributed by atoms with E-state index >= 15 is 0 Å². The van der Waals surface area contributed by atoms with Crippen LogP contribution < -0.4 is 5.32 Å². The molecule has 2 aromatic heterocycles. The fraction of sp³-hybridized carbons (Fsp3) is 0.0588. The van der Waals surface area contributed by atoms with Crippen LogP contribution in [0.25, 0.3) is 22.3 Å². The van der Waals surface area contributed by atoms with Crippen LogP contribution in [0.3, 0.4) is 0 Å². The van der Waals surface area contributed by atoms with Crippen LogP contribution in [0.15, 0.2) is 42.6 Å². The Morgan fingerprint density at radius 3 is 2.63 bits per heavy atom.